The molecule has 1 aromatic carbocycles. The molecule has 0 aliphatic heterocycles. The first kappa shape index (κ1) is 9.90. The van der Waals surface area contributed by atoms with Gasteiger partial charge in [-0.3, -0.25) is 0 Å². The van der Waals surface area contributed by atoms with E-state index in [4.69, 9.17) is 34.8 Å². The number of hydrogen-bond acceptors (Lipinski definition) is 2. The Labute approximate surface area is 93.6 Å². The molecular weight excluding hydrogens is 249 g/mol. The van der Waals surface area contributed by atoms with Crippen molar-refractivity contribution in [2.24, 2.45) is 0 Å². The van der Waals surface area contributed by atoms with Crippen LogP contribution in [0.3, 0.4) is 0 Å². The molecule has 0 aliphatic rings. The Hall–Kier alpha value is -0.640. The third kappa shape index (κ3) is 1.63. The molecule has 0 unspecified atom stereocenters. The van der Waals surface area contributed by atoms with Crippen LogP contribution < -0.4 is 0 Å². The summed E-state index contributed by atoms with van der Waals surface area (Å²) in [5.41, 5.74) is 0.617. The summed E-state index contributed by atoms with van der Waals surface area (Å²) in [4.78, 5) is 7.73. The van der Waals surface area contributed by atoms with Gasteiger partial charge < -0.3 is 0 Å². The minimum Gasteiger partial charge on any atom is -0.231 e. The smallest absolute Gasteiger partial charge is 0.167 e. The summed E-state index contributed by atoms with van der Waals surface area (Å²) in [6.07, 6.45) is 0. The fraction of sp³-hybridized carbons (Fsp3) is 0. The second-order valence-electron chi connectivity index (χ2n) is 2.56. The lowest BCUT2D eigenvalue weighted by atomic mass is 10.3. The van der Waals surface area contributed by atoms with Crippen molar-refractivity contribution in [3.63, 3.8) is 0 Å². The third-order valence-corrected chi connectivity index (χ3v) is 2.52. The number of halogens is 4. The standard InChI is InChI=1S/C8H2Cl3FN2/c9-4-1-3(12)2-5-6(4)14-8(11)7(10)13-5/h1-2H. The minimum absolute atomic E-state index is 0.0285. The lowest BCUT2D eigenvalue weighted by Crippen LogP contribution is -1.89. The highest BCUT2D eigenvalue weighted by Gasteiger charge is 2.09. The zero-order valence-corrected chi connectivity index (χ0v) is 8.83. The molecule has 0 N–H and O–H groups in total. The lowest BCUT2D eigenvalue weighted by Gasteiger charge is -2.01. The van der Waals surface area contributed by atoms with Crippen LogP contribution in [0.4, 0.5) is 4.39 Å². The fourth-order valence-electron chi connectivity index (χ4n) is 1.04. The number of hydrogen-bond donors (Lipinski definition) is 0. The first-order valence-electron chi connectivity index (χ1n) is 3.56. The van der Waals surface area contributed by atoms with E-state index >= 15 is 0 Å². The maximum Gasteiger partial charge on any atom is 0.167 e. The zero-order chi connectivity index (χ0) is 10.3. The Balaban J connectivity index is 2.89. The minimum atomic E-state index is -0.491. The quantitative estimate of drug-likeness (QED) is 0.713. The highest BCUT2D eigenvalue weighted by molar-refractivity contribution is 6.41. The summed E-state index contributed by atoms with van der Waals surface area (Å²) >= 11 is 17.0. The summed E-state index contributed by atoms with van der Waals surface area (Å²) in [7, 11) is 0. The molecule has 0 saturated carbocycles. The van der Waals surface area contributed by atoms with E-state index in [1.165, 1.54) is 6.07 Å². The van der Waals surface area contributed by atoms with Crippen molar-refractivity contribution in [2.75, 3.05) is 0 Å². The van der Waals surface area contributed by atoms with E-state index in [0.29, 0.717) is 5.52 Å². The second kappa shape index (κ2) is 3.50. The van der Waals surface area contributed by atoms with Crippen LogP contribution >= 0.6 is 34.8 Å². The summed E-state index contributed by atoms with van der Waals surface area (Å²) in [5, 5.41) is 0.236. The van der Waals surface area contributed by atoms with E-state index in [1.807, 2.05) is 0 Å². The van der Waals surface area contributed by atoms with Gasteiger partial charge in [0.15, 0.2) is 10.3 Å². The average molecular weight is 251 g/mol. The van der Waals surface area contributed by atoms with Gasteiger partial charge in [0.2, 0.25) is 0 Å². The molecule has 0 fully saturated rings. The molecular formula is C8H2Cl3FN2. The average Bonchev–Trinajstić information content (AvgIpc) is 2.08. The summed E-state index contributed by atoms with van der Waals surface area (Å²) in [5.74, 6) is -0.491. The molecule has 0 atom stereocenters. The second-order valence-corrected chi connectivity index (χ2v) is 3.68. The molecule has 72 valence electrons. The number of aromatic nitrogens is 2. The molecule has 0 amide bonds. The van der Waals surface area contributed by atoms with Crippen molar-refractivity contribution in [1.82, 2.24) is 9.97 Å². The SMILES string of the molecule is Fc1cc(Cl)c2nc(Cl)c(Cl)nc2c1. The Morgan fingerprint density at radius 2 is 1.64 bits per heavy atom. The van der Waals surface area contributed by atoms with E-state index in [0.717, 1.165) is 6.07 Å². The van der Waals surface area contributed by atoms with Gasteiger partial charge in [-0.15, -0.1) is 0 Å². The predicted octanol–water partition coefficient (Wildman–Crippen LogP) is 3.73. The topological polar surface area (TPSA) is 25.8 Å². The molecule has 2 rings (SSSR count). The highest BCUT2D eigenvalue weighted by atomic mass is 35.5. The van der Waals surface area contributed by atoms with Gasteiger partial charge in [0.1, 0.15) is 11.3 Å². The van der Waals surface area contributed by atoms with Gasteiger partial charge in [-0.05, 0) is 6.07 Å². The predicted molar refractivity (Wildman–Crippen MR) is 54.5 cm³/mol. The van der Waals surface area contributed by atoms with Crippen LogP contribution in [0.15, 0.2) is 12.1 Å². The summed E-state index contributed by atoms with van der Waals surface area (Å²) in [6.45, 7) is 0. The largest absolute Gasteiger partial charge is 0.231 e. The first-order valence-corrected chi connectivity index (χ1v) is 4.69. The number of fused-ring (bicyclic) bond motifs is 1. The molecule has 1 heterocycles. The molecule has 0 spiro atoms. The van der Waals surface area contributed by atoms with Crippen LogP contribution in [0, 0.1) is 5.82 Å². The zero-order valence-electron chi connectivity index (χ0n) is 6.56. The molecule has 6 heteroatoms. The van der Waals surface area contributed by atoms with Crippen LogP contribution in [-0.2, 0) is 0 Å². The van der Waals surface area contributed by atoms with Crippen molar-refractivity contribution in [1.29, 1.82) is 0 Å². The number of nitrogens with zero attached hydrogens (tertiary/aromatic N) is 2. The molecule has 2 nitrogen and oxygen atoms in total. The van der Waals surface area contributed by atoms with E-state index in [-0.39, 0.29) is 20.8 Å². The van der Waals surface area contributed by atoms with Gasteiger partial charge in [-0.2, -0.15) is 0 Å². The molecule has 14 heavy (non-hydrogen) atoms. The lowest BCUT2D eigenvalue weighted by molar-refractivity contribution is 0.629. The summed E-state index contributed by atoms with van der Waals surface area (Å²) in [6, 6.07) is 2.33. The summed E-state index contributed by atoms with van der Waals surface area (Å²) < 4.78 is 12.9. The van der Waals surface area contributed by atoms with Gasteiger partial charge >= 0.3 is 0 Å². The highest BCUT2D eigenvalue weighted by Crippen LogP contribution is 2.26. The Kier molecular flexibility index (Phi) is 2.47. The van der Waals surface area contributed by atoms with E-state index in [1.54, 1.807) is 0 Å². The molecule has 0 bridgehead atoms. The Bertz CT molecular complexity index is 515. The number of benzene rings is 1. The first-order chi connectivity index (χ1) is 6.58. The van der Waals surface area contributed by atoms with Gasteiger partial charge in [0, 0.05) is 6.07 Å². The molecule has 0 radical (unpaired) electrons. The van der Waals surface area contributed by atoms with Crippen LogP contribution in [0.2, 0.25) is 15.3 Å². The van der Waals surface area contributed by atoms with Crippen molar-refractivity contribution >= 4 is 45.8 Å². The molecule has 1 aromatic heterocycles. The Morgan fingerprint density at radius 1 is 1.00 bits per heavy atom. The normalized spacial score (nSPS) is 10.9. The van der Waals surface area contributed by atoms with Gasteiger partial charge in [0.25, 0.3) is 0 Å². The van der Waals surface area contributed by atoms with Crippen LogP contribution in [0.5, 0.6) is 0 Å². The van der Waals surface area contributed by atoms with Crippen molar-refractivity contribution in [2.45, 2.75) is 0 Å². The maximum atomic E-state index is 12.9. The van der Waals surface area contributed by atoms with Crippen molar-refractivity contribution in [3.05, 3.63) is 33.3 Å². The van der Waals surface area contributed by atoms with E-state index < -0.39 is 5.82 Å². The fourth-order valence-corrected chi connectivity index (χ4v) is 1.55. The van der Waals surface area contributed by atoms with E-state index in [9.17, 15) is 4.39 Å². The van der Waals surface area contributed by atoms with Crippen LogP contribution in [0.1, 0.15) is 0 Å². The van der Waals surface area contributed by atoms with E-state index in [2.05, 4.69) is 9.97 Å². The molecule has 0 aliphatic carbocycles. The van der Waals surface area contributed by atoms with Crippen molar-refractivity contribution in [3.8, 4) is 0 Å². The van der Waals surface area contributed by atoms with Gasteiger partial charge in [-0.1, -0.05) is 34.8 Å². The third-order valence-electron chi connectivity index (χ3n) is 1.61. The van der Waals surface area contributed by atoms with Gasteiger partial charge in [0.05, 0.1) is 10.5 Å². The van der Waals surface area contributed by atoms with Gasteiger partial charge in [-0.25, -0.2) is 14.4 Å². The molecule has 2 aromatic rings. The Morgan fingerprint density at radius 3 is 2.36 bits per heavy atom. The maximum absolute atomic E-state index is 12.9. The number of rotatable bonds is 0. The molecule has 0 saturated heterocycles. The van der Waals surface area contributed by atoms with Crippen LogP contribution in [-0.4, -0.2) is 9.97 Å². The van der Waals surface area contributed by atoms with Crippen LogP contribution in [0.25, 0.3) is 11.0 Å². The van der Waals surface area contributed by atoms with Crippen molar-refractivity contribution < 1.29 is 4.39 Å². The monoisotopic (exact) mass is 250 g/mol.